The zero-order chi connectivity index (χ0) is 17.3. The summed E-state index contributed by atoms with van der Waals surface area (Å²) >= 11 is 0. The van der Waals surface area contributed by atoms with Gasteiger partial charge in [-0.2, -0.15) is 5.10 Å². The number of carbonyl (C=O) groups is 1. The maximum Gasteiger partial charge on any atom is 0.345 e. The molecule has 1 aromatic carbocycles. The monoisotopic (exact) mass is 332 g/mol. The summed E-state index contributed by atoms with van der Waals surface area (Å²) in [5, 5.41) is 4.46. The average Bonchev–Trinajstić information content (AvgIpc) is 2.77. The fourth-order valence-corrected chi connectivity index (χ4v) is 2.90. The Kier molecular flexibility index (Phi) is 4.30. The minimum atomic E-state index is -0.547. The van der Waals surface area contributed by atoms with Gasteiger partial charge in [0.2, 0.25) is 5.88 Å². The highest BCUT2D eigenvalue weighted by molar-refractivity contribution is 5.99. The van der Waals surface area contributed by atoms with Gasteiger partial charge < -0.3 is 9.47 Å². The van der Waals surface area contributed by atoms with E-state index >= 15 is 0 Å². The van der Waals surface area contributed by atoms with Gasteiger partial charge in [0.1, 0.15) is 22.7 Å². The molecule has 0 radical (unpaired) electrons. The second-order valence-electron chi connectivity index (χ2n) is 6.42. The van der Waals surface area contributed by atoms with Crippen LogP contribution in [0.3, 0.4) is 0 Å². The second-order valence-corrected chi connectivity index (χ2v) is 6.42. The van der Waals surface area contributed by atoms with Crippen LogP contribution in [0, 0.1) is 5.82 Å². The highest BCUT2D eigenvalue weighted by atomic mass is 19.1. The Balaban J connectivity index is 2.20. The van der Waals surface area contributed by atoms with Crippen molar-refractivity contribution in [1.82, 2.24) is 9.78 Å². The van der Waals surface area contributed by atoms with E-state index in [1.807, 2.05) is 13.8 Å². The Morgan fingerprint density at radius 3 is 2.88 bits per heavy atom. The van der Waals surface area contributed by atoms with Crippen molar-refractivity contribution in [2.24, 2.45) is 0 Å². The molecule has 0 unspecified atom stereocenters. The van der Waals surface area contributed by atoms with E-state index in [1.165, 1.54) is 6.07 Å². The third kappa shape index (κ3) is 3.00. The molecule has 3 rings (SSSR count). The van der Waals surface area contributed by atoms with E-state index in [2.05, 4.69) is 5.10 Å². The van der Waals surface area contributed by atoms with Crippen molar-refractivity contribution in [1.29, 1.82) is 0 Å². The van der Waals surface area contributed by atoms with Crippen LogP contribution in [0.15, 0.2) is 24.3 Å². The number of ether oxygens (including phenoxy) is 2. The summed E-state index contributed by atoms with van der Waals surface area (Å²) in [6.07, 6.45) is 1.70. The number of aromatic nitrogens is 2. The molecule has 0 bridgehead atoms. The summed E-state index contributed by atoms with van der Waals surface area (Å²) < 4.78 is 27.1. The summed E-state index contributed by atoms with van der Waals surface area (Å²) in [5.74, 6) is -0.625. The molecule has 128 valence electrons. The van der Waals surface area contributed by atoms with E-state index in [0.717, 1.165) is 12.8 Å². The first-order valence-electron chi connectivity index (χ1n) is 8.15. The van der Waals surface area contributed by atoms with E-state index in [-0.39, 0.29) is 23.4 Å². The molecule has 0 saturated heterocycles. The van der Waals surface area contributed by atoms with E-state index in [4.69, 9.17) is 9.47 Å². The maximum absolute atomic E-state index is 14.3. The van der Waals surface area contributed by atoms with Crippen LogP contribution < -0.4 is 4.74 Å². The first-order valence-corrected chi connectivity index (χ1v) is 8.15. The van der Waals surface area contributed by atoms with E-state index in [1.54, 1.807) is 29.8 Å². The Morgan fingerprint density at radius 1 is 1.42 bits per heavy atom. The van der Waals surface area contributed by atoms with Crippen LogP contribution in [0.2, 0.25) is 0 Å². The van der Waals surface area contributed by atoms with Gasteiger partial charge in [0, 0.05) is 12.1 Å². The van der Waals surface area contributed by atoms with Gasteiger partial charge in [0.15, 0.2) is 0 Å². The minimum Gasteiger partial charge on any atom is -0.471 e. The molecule has 0 amide bonds. The molecular formula is C18H21FN2O3. The topological polar surface area (TPSA) is 53.3 Å². The van der Waals surface area contributed by atoms with Crippen molar-refractivity contribution in [2.45, 2.75) is 45.8 Å². The van der Waals surface area contributed by atoms with Crippen LogP contribution in [0.4, 0.5) is 4.39 Å². The number of nitrogens with zero attached hydrogens (tertiary/aromatic N) is 2. The number of carbonyl (C=O) groups excluding carboxylic acids is 1. The van der Waals surface area contributed by atoms with Crippen LogP contribution in [-0.2, 0) is 11.3 Å². The molecule has 24 heavy (non-hydrogen) atoms. The van der Waals surface area contributed by atoms with Gasteiger partial charge in [-0.15, -0.1) is 0 Å². The molecule has 0 N–H and O–H groups in total. The summed E-state index contributed by atoms with van der Waals surface area (Å²) in [6, 6.07) is 6.26. The number of rotatable bonds is 3. The molecule has 0 atom stereocenters. The Hall–Kier alpha value is -2.37. The smallest absolute Gasteiger partial charge is 0.345 e. The predicted molar refractivity (Wildman–Crippen MR) is 87.5 cm³/mol. The lowest BCUT2D eigenvalue weighted by Crippen LogP contribution is -2.28. The van der Waals surface area contributed by atoms with Crippen molar-refractivity contribution in [3.05, 3.63) is 35.6 Å². The zero-order valence-corrected chi connectivity index (χ0v) is 14.1. The van der Waals surface area contributed by atoms with Crippen LogP contribution in [-0.4, -0.2) is 28.0 Å². The van der Waals surface area contributed by atoms with Crippen LogP contribution >= 0.6 is 0 Å². The molecule has 0 saturated carbocycles. The Labute approximate surface area is 140 Å². The Morgan fingerprint density at radius 2 is 2.17 bits per heavy atom. The van der Waals surface area contributed by atoms with Crippen molar-refractivity contribution < 1.29 is 18.7 Å². The standard InChI is InChI=1S/C18H21FN2O3/c1-4-23-17(22)14-15(12-8-5-6-9-13(12)19)20-21-11-7-10-18(2,3)24-16(14)21/h5-6,8-9H,4,7,10-11H2,1-3H3. The minimum absolute atomic E-state index is 0.192. The van der Waals surface area contributed by atoms with Gasteiger partial charge in [-0.25, -0.2) is 13.9 Å². The third-order valence-corrected chi connectivity index (χ3v) is 4.04. The van der Waals surface area contributed by atoms with Crippen molar-refractivity contribution in [3.63, 3.8) is 0 Å². The highest BCUT2D eigenvalue weighted by Crippen LogP contribution is 2.37. The van der Waals surface area contributed by atoms with E-state index in [0.29, 0.717) is 12.4 Å². The molecular weight excluding hydrogens is 311 g/mol. The average molecular weight is 332 g/mol. The number of esters is 1. The van der Waals surface area contributed by atoms with Gasteiger partial charge in [-0.05, 0) is 45.7 Å². The third-order valence-electron chi connectivity index (χ3n) is 4.04. The molecule has 0 aliphatic carbocycles. The summed E-state index contributed by atoms with van der Waals surface area (Å²) in [6.45, 7) is 6.50. The number of halogens is 1. The molecule has 6 heteroatoms. The molecule has 2 heterocycles. The molecule has 0 fully saturated rings. The molecule has 5 nitrogen and oxygen atoms in total. The van der Waals surface area contributed by atoms with E-state index < -0.39 is 17.4 Å². The SMILES string of the molecule is CCOC(=O)c1c(-c2ccccc2F)nn2c1OC(C)(C)CCC2. The van der Waals surface area contributed by atoms with Crippen molar-refractivity contribution in [3.8, 4) is 17.1 Å². The number of benzene rings is 1. The second kappa shape index (κ2) is 6.26. The molecule has 1 aliphatic heterocycles. The summed E-state index contributed by atoms with van der Waals surface area (Å²) in [5.41, 5.74) is 0.292. The Bertz CT molecular complexity index is 768. The molecule has 2 aromatic rings. The predicted octanol–water partition coefficient (Wildman–Crippen LogP) is 3.82. The van der Waals surface area contributed by atoms with E-state index in [9.17, 15) is 9.18 Å². The number of fused-ring (bicyclic) bond motifs is 1. The summed E-state index contributed by atoms with van der Waals surface area (Å²) in [4.78, 5) is 12.5. The lowest BCUT2D eigenvalue weighted by atomic mass is 10.0. The van der Waals surface area contributed by atoms with Crippen molar-refractivity contribution in [2.75, 3.05) is 6.61 Å². The van der Waals surface area contributed by atoms with Gasteiger partial charge in [-0.1, -0.05) is 12.1 Å². The van der Waals surface area contributed by atoms with Crippen LogP contribution in [0.1, 0.15) is 44.0 Å². The normalized spacial score (nSPS) is 16.0. The quantitative estimate of drug-likeness (QED) is 0.802. The largest absolute Gasteiger partial charge is 0.471 e. The fourth-order valence-electron chi connectivity index (χ4n) is 2.90. The molecule has 1 aliphatic rings. The number of hydrogen-bond donors (Lipinski definition) is 0. The number of hydrogen-bond acceptors (Lipinski definition) is 4. The van der Waals surface area contributed by atoms with Gasteiger partial charge >= 0.3 is 5.97 Å². The zero-order valence-electron chi connectivity index (χ0n) is 14.1. The molecule has 1 aromatic heterocycles. The molecule has 0 spiro atoms. The van der Waals surface area contributed by atoms with Crippen molar-refractivity contribution >= 4 is 5.97 Å². The highest BCUT2D eigenvalue weighted by Gasteiger charge is 2.34. The van der Waals surface area contributed by atoms with Gasteiger partial charge in [0.25, 0.3) is 0 Å². The lowest BCUT2D eigenvalue weighted by Gasteiger charge is -2.23. The van der Waals surface area contributed by atoms with Crippen LogP contribution in [0.25, 0.3) is 11.3 Å². The maximum atomic E-state index is 14.3. The number of aryl methyl sites for hydroxylation is 1. The summed E-state index contributed by atoms with van der Waals surface area (Å²) in [7, 11) is 0. The first kappa shape index (κ1) is 16.5. The first-order chi connectivity index (χ1) is 11.4. The van der Waals surface area contributed by atoms with Gasteiger partial charge in [0.05, 0.1) is 6.61 Å². The van der Waals surface area contributed by atoms with Gasteiger partial charge in [-0.3, -0.25) is 0 Å². The van der Waals surface area contributed by atoms with Crippen LogP contribution in [0.5, 0.6) is 5.88 Å². The lowest BCUT2D eigenvalue weighted by molar-refractivity contribution is 0.0506. The fraction of sp³-hybridized carbons (Fsp3) is 0.444.